The van der Waals surface area contributed by atoms with Crippen LogP contribution >= 0.6 is 0 Å². The fourth-order valence-electron chi connectivity index (χ4n) is 2.34. The second kappa shape index (κ2) is 8.73. The minimum atomic E-state index is -2.94. The lowest BCUT2D eigenvalue weighted by molar-refractivity contribution is -0.114. The Hall–Kier alpha value is -3.10. The molecule has 0 radical (unpaired) electrons. The van der Waals surface area contributed by atoms with E-state index in [-0.39, 0.29) is 24.2 Å². The molecule has 2 rings (SSSR count). The highest BCUT2D eigenvalue weighted by Crippen LogP contribution is 2.18. The van der Waals surface area contributed by atoms with Gasteiger partial charge in [-0.3, -0.25) is 9.59 Å². The molecule has 2 heterocycles. The first-order chi connectivity index (χ1) is 13.0. The monoisotopic (exact) mass is 392 g/mol. The molecule has 0 aliphatic rings. The molecule has 0 aliphatic heterocycles. The summed E-state index contributed by atoms with van der Waals surface area (Å²) in [4.78, 5) is 31.7. The van der Waals surface area contributed by atoms with Crippen molar-refractivity contribution in [2.24, 2.45) is 0 Å². The Labute approximate surface area is 161 Å². The zero-order valence-corrected chi connectivity index (χ0v) is 16.1. The maximum atomic E-state index is 12.9. The molecule has 0 unspecified atom stereocenters. The van der Waals surface area contributed by atoms with Gasteiger partial charge in [-0.25, -0.2) is 18.7 Å². The van der Waals surface area contributed by atoms with Gasteiger partial charge in [-0.15, -0.1) is 0 Å². The highest BCUT2D eigenvalue weighted by Gasteiger charge is 2.22. The first-order valence-corrected chi connectivity index (χ1v) is 8.54. The molecule has 2 N–H and O–H groups in total. The first kappa shape index (κ1) is 21.2. The molecule has 150 valence electrons. The molecule has 0 fully saturated rings. The van der Waals surface area contributed by atoms with Gasteiger partial charge in [0.05, 0.1) is 0 Å². The highest BCUT2D eigenvalue weighted by atomic mass is 19.3. The number of carbonyl (C=O) groups is 2. The zero-order chi connectivity index (χ0) is 20.9. The van der Waals surface area contributed by atoms with Crippen molar-refractivity contribution in [2.45, 2.75) is 40.2 Å². The number of anilines is 1. The van der Waals surface area contributed by atoms with Crippen molar-refractivity contribution in [3.63, 3.8) is 0 Å². The van der Waals surface area contributed by atoms with Crippen LogP contribution in [0.4, 0.5) is 14.6 Å². The molecule has 0 saturated carbocycles. The summed E-state index contributed by atoms with van der Waals surface area (Å²) in [5.74, 6) is -3.18. The van der Waals surface area contributed by atoms with E-state index in [1.807, 2.05) is 0 Å². The number of rotatable bonds is 7. The largest absolute Gasteiger partial charge is 0.471 e. The second-order valence-corrected chi connectivity index (χ2v) is 6.55. The maximum absolute atomic E-state index is 12.9. The highest BCUT2D eigenvalue weighted by molar-refractivity contribution is 5.96. The topological polar surface area (TPSA) is 93.2 Å². The van der Waals surface area contributed by atoms with Crippen molar-refractivity contribution in [3.05, 3.63) is 46.8 Å². The SMILES string of the molecule is CC(=O)Nc1cc(C(=O)NCc2cnc(OCC(C)(F)F)cc2C)cc(C)n1. The number of halogens is 2. The van der Waals surface area contributed by atoms with Crippen LogP contribution in [0.25, 0.3) is 0 Å². The lowest BCUT2D eigenvalue weighted by atomic mass is 10.1. The Morgan fingerprint density at radius 3 is 2.54 bits per heavy atom. The molecule has 28 heavy (non-hydrogen) atoms. The minimum absolute atomic E-state index is 0.0961. The normalized spacial score (nSPS) is 11.1. The molecular weight excluding hydrogens is 370 g/mol. The van der Waals surface area contributed by atoms with E-state index in [1.54, 1.807) is 26.0 Å². The van der Waals surface area contributed by atoms with Crippen molar-refractivity contribution >= 4 is 17.6 Å². The second-order valence-electron chi connectivity index (χ2n) is 6.55. The summed E-state index contributed by atoms with van der Waals surface area (Å²) in [6, 6.07) is 4.63. The number of nitrogens with zero attached hydrogens (tertiary/aromatic N) is 2. The Bertz CT molecular complexity index is 882. The number of ether oxygens (including phenoxy) is 1. The van der Waals surface area contributed by atoms with Gasteiger partial charge in [0, 0.05) is 43.9 Å². The van der Waals surface area contributed by atoms with Crippen molar-refractivity contribution in [1.82, 2.24) is 15.3 Å². The predicted octanol–water partition coefficient (Wildman–Crippen LogP) is 3.02. The molecule has 2 amide bonds. The van der Waals surface area contributed by atoms with E-state index in [0.717, 1.165) is 18.1 Å². The van der Waals surface area contributed by atoms with Gasteiger partial charge in [0.1, 0.15) is 5.82 Å². The van der Waals surface area contributed by atoms with E-state index < -0.39 is 12.5 Å². The Morgan fingerprint density at radius 1 is 1.21 bits per heavy atom. The Balaban J connectivity index is 2.02. The predicted molar refractivity (Wildman–Crippen MR) is 99.5 cm³/mol. The van der Waals surface area contributed by atoms with Gasteiger partial charge in [-0.1, -0.05) is 0 Å². The standard InChI is InChI=1S/C19H22F2N4O3/c1-11-5-17(28-10-19(4,20)21)22-8-15(11)9-23-18(27)14-6-12(2)24-16(7-14)25-13(3)26/h5-8H,9-10H2,1-4H3,(H,23,27)(H,24,25,26). The Morgan fingerprint density at radius 2 is 1.93 bits per heavy atom. The quantitative estimate of drug-likeness (QED) is 0.756. The third-order valence-corrected chi connectivity index (χ3v) is 3.63. The van der Waals surface area contributed by atoms with Crippen molar-refractivity contribution in [1.29, 1.82) is 0 Å². The lowest BCUT2D eigenvalue weighted by Crippen LogP contribution is -2.24. The van der Waals surface area contributed by atoms with E-state index in [1.165, 1.54) is 19.2 Å². The van der Waals surface area contributed by atoms with Crippen molar-refractivity contribution in [2.75, 3.05) is 11.9 Å². The fraction of sp³-hybridized carbons (Fsp3) is 0.368. The zero-order valence-electron chi connectivity index (χ0n) is 16.1. The van der Waals surface area contributed by atoms with Gasteiger partial charge >= 0.3 is 0 Å². The molecule has 0 aliphatic carbocycles. The molecule has 2 aromatic rings. The summed E-state index contributed by atoms with van der Waals surface area (Å²) in [6.07, 6.45) is 1.47. The average Bonchev–Trinajstić information content (AvgIpc) is 2.57. The molecule has 9 heteroatoms. The van der Waals surface area contributed by atoms with Gasteiger partial charge in [0.2, 0.25) is 11.8 Å². The number of pyridine rings is 2. The minimum Gasteiger partial charge on any atom is -0.471 e. The van der Waals surface area contributed by atoms with Crippen molar-refractivity contribution < 1.29 is 23.1 Å². The van der Waals surface area contributed by atoms with Crippen LogP contribution in [-0.4, -0.2) is 34.3 Å². The number of amides is 2. The molecule has 7 nitrogen and oxygen atoms in total. The van der Waals surface area contributed by atoms with E-state index in [4.69, 9.17) is 4.74 Å². The van der Waals surface area contributed by atoms with Crippen LogP contribution in [0.1, 0.15) is 41.0 Å². The van der Waals surface area contributed by atoms with Crippen LogP contribution in [0.3, 0.4) is 0 Å². The molecule has 0 bridgehead atoms. The maximum Gasteiger partial charge on any atom is 0.278 e. The van der Waals surface area contributed by atoms with Gasteiger partial charge < -0.3 is 15.4 Å². The number of alkyl halides is 2. The van der Waals surface area contributed by atoms with E-state index >= 15 is 0 Å². The van der Waals surface area contributed by atoms with E-state index in [2.05, 4.69) is 20.6 Å². The summed E-state index contributed by atoms with van der Waals surface area (Å²) < 4.78 is 30.7. The summed E-state index contributed by atoms with van der Waals surface area (Å²) in [7, 11) is 0. The number of hydrogen-bond acceptors (Lipinski definition) is 5. The van der Waals surface area contributed by atoms with Crippen LogP contribution in [0, 0.1) is 13.8 Å². The van der Waals surface area contributed by atoms with Crippen LogP contribution in [0.2, 0.25) is 0 Å². The summed E-state index contributed by atoms with van der Waals surface area (Å²) in [6.45, 7) is 5.04. The van der Waals surface area contributed by atoms with Crippen LogP contribution < -0.4 is 15.4 Å². The first-order valence-electron chi connectivity index (χ1n) is 8.54. The third kappa shape index (κ3) is 6.57. The van der Waals surface area contributed by atoms with Crippen molar-refractivity contribution in [3.8, 4) is 5.88 Å². The van der Waals surface area contributed by atoms with Crippen LogP contribution in [0.5, 0.6) is 5.88 Å². The molecule has 0 aromatic carbocycles. The summed E-state index contributed by atoms with van der Waals surface area (Å²) in [5, 5.41) is 5.30. The summed E-state index contributed by atoms with van der Waals surface area (Å²) in [5.41, 5.74) is 2.40. The summed E-state index contributed by atoms with van der Waals surface area (Å²) >= 11 is 0. The van der Waals surface area contributed by atoms with E-state index in [0.29, 0.717) is 17.1 Å². The molecule has 0 spiro atoms. The van der Waals surface area contributed by atoms with Crippen LogP contribution in [0.15, 0.2) is 24.4 Å². The van der Waals surface area contributed by atoms with Gasteiger partial charge in [-0.2, -0.15) is 0 Å². The van der Waals surface area contributed by atoms with Gasteiger partial charge in [-0.05, 0) is 37.1 Å². The Kier molecular flexibility index (Phi) is 6.61. The third-order valence-electron chi connectivity index (χ3n) is 3.63. The number of aromatic nitrogens is 2. The van der Waals surface area contributed by atoms with Gasteiger partial charge in [0.25, 0.3) is 11.8 Å². The molecule has 0 saturated heterocycles. The molecule has 2 aromatic heterocycles. The molecular formula is C19H22F2N4O3. The van der Waals surface area contributed by atoms with Gasteiger partial charge in [0.15, 0.2) is 6.61 Å². The lowest BCUT2D eigenvalue weighted by Gasteiger charge is -2.13. The fourth-order valence-corrected chi connectivity index (χ4v) is 2.34. The number of nitrogens with one attached hydrogen (secondary N) is 2. The smallest absolute Gasteiger partial charge is 0.278 e. The van der Waals surface area contributed by atoms with E-state index in [9.17, 15) is 18.4 Å². The molecule has 0 atom stereocenters. The number of hydrogen-bond donors (Lipinski definition) is 2. The average molecular weight is 392 g/mol. The number of aryl methyl sites for hydroxylation is 2. The van der Waals surface area contributed by atoms with Crippen LogP contribution in [-0.2, 0) is 11.3 Å². The number of carbonyl (C=O) groups excluding carboxylic acids is 2.